The molecule has 0 aliphatic rings. The topological polar surface area (TPSA) is 26.3 Å². The Hall–Kier alpha value is -1.31. The molecule has 0 aliphatic carbocycles. The normalized spacial score (nSPS) is 12.1. The van der Waals surface area contributed by atoms with Gasteiger partial charge in [-0.25, -0.2) is 0 Å². The number of carbonyl (C=O) groups is 1. The van der Waals surface area contributed by atoms with E-state index in [2.05, 4.69) is 13.8 Å². The molecule has 0 bridgehead atoms. The molecule has 20 heavy (non-hydrogen) atoms. The fourth-order valence-electron chi connectivity index (χ4n) is 2.33. The van der Waals surface area contributed by atoms with Crippen LogP contribution in [0, 0.1) is 5.92 Å². The highest BCUT2D eigenvalue weighted by atomic mass is 16.5. The summed E-state index contributed by atoms with van der Waals surface area (Å²) in [5.74, 6) is 0.0344. The van der Waals surface area contributed by atoms with Gasteiger partial charge < -0.3 is 4.74 Å². The minimum absolute atomic E-state index is 0.0353. The predicted molar refractivity (Wildman–Crippen MR) is 83.4 cm³/mol. The summed E-state index contributed by atoms with van der Waals surface area (Å²) >= 11 is 0. The van der Waals surface area contributed by atoms with Crippen LogP contribution < -0.4 is 0 Å². The molecule has 0 amide bonds. The van der Waals surface area contributed by atoms with E-state index in [1.54, 1.807) is 0 Å². The van der Waals surface area contributed by atoms with Crippen LogP contribution >= 0.6 is 0 Å². The van der Waals surface area contributed by atoms with Crippen LogP contribution in [0.25, 0.3) is 0 Å². The van der Waals surface area contributed by atoms with E-state index >= 15 is 0 Å². The zero-order chi connectivity index (χ0) is 14.6. The Morgan fingerprint density at radius 3 is 2.40 bits per heavy atom. The maximum atomic E-state index is 12.0. The molecule has 0 radical (unpaired) electrons. The quantitative estimate of drug-likeness (QED) is 0.438. The van der Waals surface area contributed by atoms with E-state index in [4.69, 9.17) is 4.74 Å². The number of hydrogen-bond acceptors (Lipinski definition) is 2. The second kappa shape index (κ2) is 10.5. The van der Waals surface area contributed by atoms with Gasteiger partial charge in [0, 0.05) is 0 Å². The standard InChI is InChI=1S/C18H28O2/c1-3-5-6-7-11-14-17(4-2)18(19)20-15-16-12-9-8-10-13-16/h8-10,12-13,17H,3-7,11,14-15H2,1-2H3/t17-/m0/s1. The van der Waals surface area contributed by atoms with Gasteiger partial charge in [0.25, 0.3) is 0 Å². The molecule has 0 aliphatic heterocycles. The van der Waals surface area contributed by atoms with Crippen LogP contribution in [0.4, 0.5) is 0 Å². The van der Waals surface area contributed by atoms with Gasteiger partial charge in [0.1, 0.15) is 6.61 Å². The maximum Gasteiger partial charge on any atom is 0.309 e. The van der Waals surface area contributed by atoms with Crippen LogP contribution in [0.5, 0.6) is 0 Å². The van der Waals surface area contributed by atoms with Gasteiger partial charge >= 0.3 is 5.97 Å². The van der Waals surface area contributed by atoms with Gasteiger partial charge in [-0.1, -0.05) is 76.3 Å². The number of benzene rings is 1. The second-order valence-electron chi connectivity index (χ2n) is 5.40. The first-order chi connectivity index (χ1) is 9.77. The van der Waals surface area contributed by atoms with Crippen LogP contribution in [0.15, 0.2) is 30.3 Å². The molecule has 112 valence electrons. The monoisotopic (exact) mass is 276 g/mol. The van der Waals surface area contributed by atoms with Gasteiger partial charge in [0.05, 0.1) is 5.92 Å². The minimum Gasteiger partial charge on any atom is -0.461 e. The van der Waals surface area contributed by atoms with Crippen molar-refractivity contribution in [2.75, 3.05) is 0 Å². The molecule has 0 fully saturated rings. The molecule has 0 spiro atoms. The Morgan fingerprint density at radius 1 is 1.05 bits per heavy atom. The van der Waals surface area contributed by atoms with E-state index < -0.39 is 0 Å². The number of unbranched alkanes of at least 4 members (excludes halogenated alkanes) is 4. The smallest absolute Gasteiger partial charge is 0.309 e. The fraction of sp³-hybridized carbons (Fsp3) is 0.611. The van der Waals surface area contributed by atoms with Crippen LogP contribution in [-0.2, 0) is 16.1 Å². The Labute approximate surface area is 123 Å². The van der Waals surface area contributed by atoms with Crippen LogP contribution in [0.2, 0.25) is 0 Å². The molecule has 0 saturated heterocycles. The zero-order valence-electron chi connectivity index (χ0n) is 12.9. The minimum atomic E-state index is -0.0353. The van der Waals surface area contributed by atoms with Gasteiger partial charge in [0.2, 0.25) is 0 Å². The van der Waals surface area contributed by atoms with Gasteiger partial charge in [-0.3, -0.25) is 4.79 Å². The lowest BCUT2D eigenvalue weighted by Crippen LogP contribution is -2.17. The molecule has 1 atom stereocenters. The SMILES string of the molecule is CCCCCCC[C@H](CC)C(=O)OCc1ccccc1. The number of carbonyl (C=O) groups excluding carboxylic acids is 1. The molecule has 1 aromatic rings. The lowest BCUT2D eigenvalue weighted by Gasteiger charge is -2.14. The predicted octanol–water partition coefficient (Wildman–Crippen LogP) is 5.12. The zero-order valence-corrected chi connectivity index (χ0v) is 12.9. The van der Waals surface area contributed by atoms with Crippen molar-refractivity contribution in [3.8, 4) is 0 Å². The Kier molecular flexibility index (Phi) is 8.77. The Bertz CT molecular complexity index is 359. The molecule has 1 aromatic carbocycles. The van der Waals surface area contributed by atoms with Crippen LogP contribution in [0.3, 0.4) is 0 Å². The first-order valence-electron chi connectivity index (χ1n) is 7.98. The molecule has 0 saturated carbocycles. The van der Waals surface area contributed by atoms with Crippen LogP contribution in [0.1, 0.15) is 64.4 Å². The average molecular weight is 276 g/mol. The molecule has 0 unspecified atom stereocenters. The van der Waals surface area contributed by atoms with Crippen molar-refractivity contribution in [2.24, 2.45) is 5.92 Å². The summed E-state index contributed by atoms with van der Waals surface area (Å²) in [5.41, 5.74) is 1.05. The highest BCUT2D eigenvalue weighted by Crippen LogP contribution is 2.17. The third kappa shape index (κ3) is 6.74. The third-order valence-corrected chi connectivity index (χ3v) is 3.71. The molecule has 0 aromatic heterocycles. The number of hydrogen-bond donors (Lipinski definition) is 0. The van der Waals surface area contributed by atoms with E-state index in [1.165, 1.54) is 25.7 Å². The van der Waals surface area contributed by atoms with E-state index in [-0.39, 0.29) is 11.9 Å². The van der Waals surface area contributed by atoms with E-state index in [1.807, 2.05) is 30.3 Å². The summed E-state index contributed by atoms with van der Waals surface area (Å²) in [6.45, 7) is 4.68. The average Bonchev–Trinajstić information content (AvgIpc) is 2.49. The van der Waals surface area contributed by atoms with E-state index in [0.717, 1.165) is 24.8 Å². The highest BCUT2D eigenvalue weighted by Gasteiger charge is 2.17. The van der Waals surface area contributed by atoms with Gasteiger partial charge in [0.15, 0.2) is 0 Å². The Morgan fingerprint density at radius 2 is 1.75 bits per heavy atom. The lowest BCUT2D eigenvalue weighted by atomic mass is 9.98. The van der Waals surface area contributed by atoms with Crippen LogP contribution in [-0.4, -0.2) is 5.97 Å². The van der Waals surface area contributed by atoms with Gasteiger partial charge in [-0.05, 0) is 18.4 Å². The highest BCUT2D eigenvalue weighted by molar-refractivity contribution is 5.72. The summed E-state index contributed by atoms with van der Waals surface area (Å²) in [7, 11) is 0. The second-order valence-corrected chi connectivity index (χ2v) is 5.40. The third-order valence-electron chi connectivity index (χ3n) is 3.71. The van der Waals surface area contributed by atoms with Crippen molar-refractivity contribution in [1.82, 2.24) is 0 Å². The summed E-state index contributed by atoms with van der Waals surface area (Å²) in [5, 5.41) is 0. The van der Waals surface area contributed by atoms with Gasteiger partial charge in [-0.15, -0.1) is 0 Å². The molecule has 0 N–H and O–H groups in total. The molecule has 2 heteroatoms. The Balaban J connectivity index is 2.24. The van der Waals surface area contributed by atoms with E-state index in [0.29, 0.717) is 6.61 Å². The first-order valence-corrected chi connectivity index (χ1v) is 7.98. The first kappa shape index (κ1) is 16.7. The fourth-order valence-corrected chi connectivity index (χ4v) is 2.33. The maximum absolute atomic E-state index is 12.0. The van der Waals surface area contributed by atoms with Crippen molar-refractivity contribution >= 4 is 5.97 Å². The van der Waals surface area contributed by atoms with Crippen molar-refractivity contribution in [3.63, 3.8) is 0 Å². The van der Waals surface area contributed by atoms with Crippen molar-refractivity contribution in [1.29, 1.82) is 0 Å². The van der Waals surface area contributed by atoms with Crippen molar-refractivity contribution in [3.05, 3.63) is 35.9 Å². The summed E-state index contributed by atoms with van der Waals surface area (Å²) in [6.07, 6.45) is 8.06. The molecule has 0 heterocycles. The molecule has 2 nitrogen and oxygen atoms in total. The van der Waals surface area contributed by atoms with Crippen molar-refractivity contribution in [2.45, 2.75) is 65.4 Å². The van der Waals surface area contributed by atoms with Gasteiger partial charge in [-0.2, -0.15) is 0 Å². The largest absolute Gasteiger partial charge is 0.461 e. The summed E-state index contributed by atoms with van der Waals surface area (Å²) < 4.78 is 5.42. The number of rotatable bonds is 10. The lowest BCUT2D eigenvalue weighted by molar-refractivity contribution is -0.150. The number of ether oxygens (including phenoxy) is 1. The molecular weight excluding hydrogens is 248 g/mol. The van der Waals surface area contributed by atoms with E-state index in [9.17, 15) is 4.79 Å². The summed E-state index contributed by atoms with van der Waals surface area (Å²) in [4.78, 5) is 12.0. The molecular formula is C18H28O2. The molecule has 1 rings (SSSR count). The summed E-state index contributed by atoms with van der Waals surface area (Å²) in [6, 6.07) is 9.87. The number of esters is 1. The van der Waals surface area contributed by atoms with Crippen molar-refractivity contribution < 1.29 is 9.53 Å².